The number of rotatable bonds is 3. The molecule has 7 unspecified atom stereocenters. The molecular weight excluding hydrogens is 349 g/mol. The predicted molar refractivity (Wildman–Crippen MR) is 101 cm³/mol. The van der Waals surface area contributed by atoms with Gasteiger partial charge >= 0.3 is 0 Å². The summed E-state index contributed by atoms with van der Waals surface area (Å²) in [6.45, 7) is 0.313. The second-order valence-electron chi connectivity index (χ2n) is 8.68. The number of allylic oxidation sites excluding steroid dienone is 4. The van der Waals surface area contributed by atoms with Gasteiger partial charge in [-0.15, -0.1) is 0 Å². The van der Waals surface area contributed by atoms with Crippen molar-refractivity contribution in [1.82, 2.24) is 5.48 Å². The smallest absolute Gasteiger partial charge is 0.223 e. The third kappa shape index (κ3) is 2.43. The van der Waals surface area contributed by atoms with Crippen LogP contribution in [0, 0.1) is 35.5 Å². The van der Waals surface area contributed by atoms with Crippen LogP contribution in [0.15, 0.2) is 23.8 Å². The molecule has 0 bridgehead atoms. The summed E-state index contributed by atoms with van der Waals surface area (Å²) < 4.78 is 12.7. The molecule has 1 N–H and O–H groups in total. The maximum atomic E-state index is 13.1. The van der Waals surface area contributed by atoms with Crippen LogP contribution in [-0.2, 0) is 9.63 Å². The van der Waals surface area contributed by atoms with Gasteiger partial charge in [0.1, 0.15) is 0 Å². The Bertz CT molecular complexity index is 650. The molecule has 4 aliphatic carbocycles. The van der Waals surface area contributed by atoms with E-state index in [0.717, 1.165) is 43.5 Å². The number of hydrogen-bond donors (Lipinski definition) is 1. The zero-order valence-corrected chi connectivity index (χ0v) is 16.0. The Morgan fingerprint density at radius 1 is 1.31 bits per heavy atom. The van der Waals surface area contributed by atoms with Gasteiger partial charge < -0.3 is 0 Å². The fourth-order valence-electron chi connectivity index (χ4n) is 6.95. The summed E-state index contributed by atoms with van der Waals surface area (Å²) in [6, 6.07) is 0. The first-order chi connectivity index (χ1) is 12.8. The Morgan fingerprint density at radius 3 is 3.12 bits per heavy atom. The van der Waals surface area contributed by atoms with Crippen LogP contribution in [0.4, 0.5) is 4.39 Å². The Labute approximate surface area is 159 Å². The van der Waals surface area contributed by atoms with E-state index < -0.39 is 12.3 Å². The van der Waals surface area contributed by atoms with Crippen molar-refractivity contribution in [2.24, 2.45) is 35.5 Å². The molecule has 1 aliphatic heterocycles. The summed E-state index contributed by atoms with van der Waals surface area (Å²) in [7, 11) is 0. The molecule has 0 spiro atoms. The second-order valence-corrected chi connectivity index (χ2v) is 9.75. The first kappa shape index (κ1) is 17.4. The molecule has 142 valence electrons. The lowest BCUT2D eigenvalue weighted by atomic mass is 9.56. The lowest BCUT2D eigenvalue weighted by molar-refractivity contribution is -0.151. The van der Waals surface area contributed by atoms with E-state index in [1.165, 1.54) is 19.3 Å². The van der Waals surface area contributed by atoms with Crippen molar-refractivity contribution in [3.63, 3.8) is 0 Å². The maximum absolute atomic E-state index is 13.1. The number of halogens is 1. The van der Waals surface area contributed by atoms with E-state index in [2.05, 4.69) is 23.7 Å². The summed E-state index contributed by atoms with van der Waals surface area (Å²) >= 11 is 1.14. The van der Waals surface area contributed by atoms with Crippen LogP contribution in [0.1, 0.15) is 38.5 Å². The first-order valence-electron chi connectivity index (χ1n) is 10.3. The van der Waals surface area contributed by atoms with Gasteiger partial charge in [0.05, 0.1) is 6.67 Å². The minimum atomic E-state index is -0.700. The van der Waals surface area contributed by atoms with E-state index in [9.17, 15) is 9.18 Å². The van der Waals surface area contributed by atoms with Gasteiger partial charge in [-0.05, 0) is 56.3 Å². The molecule has 0 aromatic carbocycles. The monoisotopic (exact) mass is 377 g/mol. The molecule has 1 saturated heterocycles. The van der Waals surface area contributed by atoms with Crippen molar-refractivity contribution in [2.75, 3.05) is 19.0 Å². The van der Waals surface area contributed by atoms with Crippen molar-refractivity contribution in [3.8, 4) is 0 Å². The highest BCUT2D eigenvalue weighted by molar-refractivity contribution is 8.13. The van der Waals surface area contributed by atoms with Gasteiger partial charge in [-0.2, -0.15) is 0 Å². The highest BCUT2D eigenvalue weighted by Gasteiger charge is 2.66. The molecule has 0 aromatic heterocycles. The standard InChI is InChI=1S/C21H28FNO2S/c22-9-10-26-20(24)21-14(12-23-25-21)11-18-17-6-5-13-3-1-2-4-15(13)16(17)7-8-19(18)21/h2-4,14-19,23H,1,5-12H2. The Balaban J connectivity index is 1.42. The average molecular weight is 378 g/mol. The first-order valence-corrected chi connectivity index (χ1v) is 11.2. The molecule has 4 fully saturated rings. The van der Waals surface area contributed by atoms with Gasteiger partial charge in [0.2, 0.25) is 5.12 Å². The Kier molecular flexibility index (Phi) is 4.53. The number of fused-ring (bicyclic) bond motifs is 7. The molecule has 3 saturated carbocycles. The van der Waals surface area contributed by atoms with E-state index in [4.69, 9.17) is 4.84 Å². The van der Waals surface area contributed by atoms with Crippen LogP contribution in [0.25, 0.3) is 0 Å². The number of alkyl halides is 1. The zero-order chi connectivity index (χ0) is 17.7. The molecule has 0 radical (unpaired) electrons. The van der Waals surface area contributed by atoms with Gasteiger partial charge in [-0.3, -0.25) is 14.0 Å². The minimum absolute atomic E-state index is 0.0741. The van der Waals surface area contributed by atoms with Crippen LogP contribution in [0.3, 0.4) is 0 Å². The summed E-state index contributed by atoms with van der Waals surface area (Å²) in [5, 5.41) is 0.0741. The normalized spacial score (nSPS) is 46.1. The molecule has 5 aliphatic rings. The third-order valence-corrected chi connectivity index (χ3v) is 8.80. The van der Waals surface area contributed by atoms with Crippen molar-refractivity contribution < 1.29 is 14.0 Å². The lowest BCUT2D eigenvalue weighted by Crippen LogP contribution is -2.50. The highest BCUT2D eigenvalue weighted by Crippen LogP contribution is 2.62. The number of hydrogen-bond acceptors (Lipinski definition) is 4. The van der Waals surface area contributed by atoms with E-state index in [0.29, 0.717) is 23.7 Å². The highest BCUT2D eigenvalue weighted by atomic mass is 32.2. The van der Waals surface area contributed by atoms with Crippen molar-refractivity contribution in [3.05, 3.63) is 23.8 Å². The molecule has 3 nitrogen and oxygen atoms in total. The minimum Gasteiger partial charge on any atom is -0.286 e. The summed E-state index contributed by atoms with van der Waals surface area (Å²) in [5.41, 5.74) is 3.98. The number of hydroxylamine groups is 1. The van der Waals surface area contributed by atoms with Crippen LogP contribution in [0.2, 0.25) is 0 Å². The molecular formula is C21H28FNO2S. The number of carbonyl (C=O) groups is 1. The SMILES string of the molecule is O=C(SCCF)C12ONCC1CC1C3CCC4=CCC=CC4C3CCC12. The molecule has 26 heavy (non-hydrogen) atoms. The van der Waals surface area contributed by atoms with Gasteiger partial charge in [0, 0.05) is 30.1 Å². The second kappa shape index (κ2) is 6.75. The van der Waals surface area contributed by atoms with Crippen molar-refractivity contribution in [1.29, 1.82) is 0 Å². The number of thioether (sulfide) groups is 1. The quantitative estimate of drug-likeness (QED) is 0.753. The molecule has 5 heteroatoms. The van der Waals surface area contributed by atoms with Crippen LogP contribution in [0.5, 0.6) is 0 Å². The number of carbonyl (C=O) groups excluding carboxylic acids is 1. The van der Waals surface area contributed by atoms with Gasteiger partial charge in [0.15, 0.2) is 5.60 Å². The van der Waals surface area contributed by atoms with E-state index in [1.807, 2.05) is 0 Å². The lowest BCUT2D eigenvalue weighted by Gasteiger charge is -2.49. The summed E-state index contributed by atoms with van der Waals surface area (Å²) in [4.78, 5) is 19.1. The Morgan fingerprint density at radius 2 is 2.23 bits per heavy atom. The van der Waals surface area contributed by atoms with Gasteiger partial charge in [0.25, 0.3) is 0 Å². The third-order valence-electron chi connectivity index (χ3n) is 7.86. The van der Waals surface area contributed by atoms with E-state index in [-0.39, 0.29) is 16.8 Å². The van der Waals surface area contributed by atoms with Crippen LogP contribution in [-0.4, -0.2) is 29.7 Å². The van der Waals surface area contributed by atoms with Crippen molar-refractivity contribution >= 4 is 16.9 Å². The average Bonchev–Trinajstić information content (AvgIpc) is 3.23. The summed E-state index contributed by atoms with van der Waals surface area (Å²) in [6.07, 6.45) is 14.2. The fraction of sp³-hybridized carbons (Fsp3) is 0.762. The van der Waals surface area contributed by atoms with Crippen molar-refractivity contribution in [2.45, 2.75) is 44.1 Å². The summed E-state index contributed by atoms with van der Waals surface area (Å²) in [5.74, 6) is 3.49. The number of nitrogens with one attached hydrogen (secondary N) is 1. The molecule has 7 atom stereocenters. The largest absolute Gasteiger partial charge is 0.286 e. The fourth-order valence-corrected chi connectivity index (χ4v) is 7.80. The molecule has 5 rings (SSSR count). The topological polar surface area (TPSA) is 38.3 Å². The van der Waals surface area contributed by atoms with Crippen LogP contribution < -0.4 is 5.48 Å². The van der Waals surface area contributed by atoms with Gasteiger partial charge in [-0.25, -0.2) is 5.48 Å². The molecule has 0 amide bonds. The Hall–Kier alpha value is -0.650. The zero-order valence-electron chi connectivity index (χ0n) is 15.2. The van der Waals surface area contributed by atoms with E-state index in [1.54, 1.807) is 5.57 Å². The maximum Gasteiger partial charge on any atom is 0.223 e. The molecule has 1 heterocycles. The van der Waals surface area contributed by atoms with Gasteiger partial charge in [-0.1, -0.05) is 35.6 Å². The molecule has 0 aromatic rings. The van der Waals surface area contributed by atoms with Crippen LogP contribution >= 0.6 is 11.8 Å². The predicted octanol–water partition coefficient (Wildman–Crippen LogP) is 4.06. The van der Waals surface area contributed by atoms with E-state index >= 15 is 0 Å².